The first-order valence-electron chi connectivity index (χ1n) is 24.4. The topological polar surface area (TPSA) is 277 Å². The first kappa shape index (κ1) is 62.0. The van der Waals surface area contributed by atoms with Crippen molar-refractivity contribution in [1.82, 2.24) is 0 Å². The maximum absolute atomic E-state index is 7.24. The van der Waals surface area contributed by atoms with Gasteiger partial charge in [-0.05, 0) is 109 Å². The predicted octanol–water partition coefficient (Wildman–Crippen LogP) is 12.2. The second kappa shape index (κ2) is 29.9. The largest absolute Gasteiger partial charge is 0.493 e. The Bertz CT molecular complexity index is 3020. The van der Waals surface area contributed by atoms with Gasteiger partial charge in [-0.15, -0.1) is 0 Å². The van der Waals surface area contributed by atoms with Gasteiger partial charge in [0.1, 0.15) is 42.7 Å². The Morgan fingerprint density at radius 2 is 0.393 bits per heavy atom. The number of hydrogen-bond acceptors (Lipinski definition) is 27. The summed E-state index contributed by atoms with van der Waals surface area (Å²) in [7, 11) is 2.69. The summed E-state index contributed by atoms with van der Waals surface area (Å²) in [6, 6.07) is 29.4. The van der Waals surface area contributed by atoms with E-state index in [1.54, 1.807) is 109 Å². The van der Waals surface area contributed by atoms with E-state index in [-0.39, 0.29) is 69.0 Å². The highest BCUT2D eigenvalue weighted by Gasteiger charge is 2.50. The number of rotatable bonds is 30. The zero-order valence-corrected chi connectivity index (χ0v) is 50.3. The molecule has 27 nitrogen and oxygen atoms in total. The van der Waals surface area contributed by atoms with Gasteiger partial charge in [-0.25, -0.2) is 0 Å². The summed E-state index contributed by atoms with van der Waals surface area (Å²) in [5.41, 5.74) is 3.30. The van der Waals surface area contributed by atoms with Gasteiger partial charge < -0.3 is 84.6 Å². The fourth-order valence-corrected chi connectivity index (χ4v) is 16.4. The maximum atomic E-state index is 7.24. The fraction of sp³-hybridized carbons (Fsp3) is 0.222. The molecular formula is C54H60N9O18P3. The van der Waals surface area contributed by atoms with E-state index in [9.17, 15) is 0 Å². The molecule has 30 heteroatoms. The second-order valence-corrected chi connectivity index (χ2v) is 22.4. The van der Waals surface area contributed by atoms with Gasteiger partial charge in [-0.2, -0.15) is 0 Å². The molecule has 0 atom stereocenters. The van der Waals surface area contributed by atoms with Gasteiger partial charge in [0.15, 0.2) is 69.0 Å². The summed E-state index contributed by atoms with van der Waals surface area (Å²) >= 11 is 0. The smallest absolute Gasteiger partial charge is 0.461 e. The number of hydrogen-bond donors (Lipinski definition) is 0. The molecule has 0 bridgehead atoms. The Morgan fingerprint density at radius 3 is 0.524 bits per heavy atom. The van der Waals surface area contributed by atoms with Crippen LogP contribution >= 0.6 is 23.0 Å². The average molecular weight is 1220 g/mol. The highest BCUT2D eigenvalue weighted by molar-refractivity contribution is 7.79. The highest BCUT2D eigenvalue weighted by Crippen LogP contribution is 2.80. The molecule has 1 heterocycles. The summed E-state index contributed by atoms with van der Waals surface area (Å²) in [5, 5.41) is 23.6. The molecule has 84 heavy (non-hydrogen) atoms. The number of benzene rings is 6. The number of ether oxygens (including phenoxy) is 6. The molecule has 0 amide bonds. The van der Waals surface area contributed by atoms with Crippen molar-refractivity contribution in [2.45, 2.75) is 0 Å². The molecule has 1 aliphatic rings. The first-order chi connectivity index (χ1) is 40.9. The average Bonchev–Trinajstić information content (AvgIpc) is 1.62. The normalized spacial score (nSPS) is 14.0. The number of oxime groups is 6. The Kier molecular flexibility index (Phi) is 22.1. The van der Waals surface area contributed by atoms with Crippen LogP contribution < -0.4 is 55.6 Å². The van der Waals surface area contributed by atoms with Crippen LogP contribution in [0.25, 0.3) is 0 Å². The lowest BCUT2D eigenvalue weighted by molar-refractivity contribution is 0.215. The van der Waals surface area contributed by atoms with Crippen LogP contribution in [0.4, 0.5) is 0 Å². The summed E-state index contributed by atoms with van der Waals surface area (Å²) in [6.45, 7) is 0. The van der Waals surface area contributed by atoms with Crippen molar-refractivity contribution in [3.63, 3.8) is 0 Å². The molecule has 444 valence electrons. The predicted molar refractivity (Wildman–Crippen MR) is 317 cm³/mol. The Morgan fingerprint density at radius 1 is 0.238 bits per heavy atom. The minimum Gasteiger partial charge on any atom is -0.493 e. The molecule has 0 spiro atoms. The monoisotopic (exact) mass is 1220 g/mol. The Labute approximate surface area is 484 Å². The zero-order chi connectivity index (χ0) is 60.0. The molecule has 0 fully saturated rings. The fourth-order valence-electron chi connectivity index (χ4n) is 7.25. The van der Waals surface area contributed by atoms with Crippen LogP contribution in [-0.4, -0.2) is 123 Å². The van der Waals surface area contributed by atoms with Crippen LogP contribution in [0.15, 0.2) is 154 Å². The lowest BCUT2D eigenvalue weighted by Gasteiger charge is -2.34. The lowest BCUT2D eigenvalue weighted by atomic mass is 10.2. The van der Waals surface area contributed by atoms with Gasteiger partial charge in [0.2, 0.25) is 0 Å². The van der Waals surface area contributed by atoms with Crippen molar-refractivity contribution in [1.29, 1.82) is 0 Å². The van der Waals surface area contributed by atoms with Crippen molar-refractivity contribution < 1.29 is 84.6 Å². The lowest BCUT2D eigenvalue weighted by Crippen LogP contribution is -2.12. The number of methoxy groups -OCH3 is 6. The van der Waals surface area contributed by atoms with E-state index in [4.69, 9.17) is 98.1 Å². The molecule has 7 rings (SSSR count). The molecule has 1 aliphatic heterocycles. The van der Waals surface area contributed by atoms with Gasteiger partial charge in [-0.3, -0.25) is 0 Å². The van der Waals surface area contributed by atoms with E-state index in [1.807, 2.05) is 0 Å². The third kappa shape index (κ3) is 15.9. The van der Waals surface area contributed by atoms with Gasteiger partial charge in [0.05, 0.1) is 79.9 Å². The molecular weight excluding hydrogens is 1160 g/mol. The zero-order valence-electron chi connectivity index (χ0n) is 47.6. The van der Waals surface area contributed by atoms with Crippen molar-refractivity contribution in [3.05, 3.63) is 143 Å². The molecule has 6 aromatic rings. The van der Waals surface area contributed by atoms with Crippen molar-refractivity contribution in [2.75, 3.05) is 85.3 Å². The maximum Gasteiger partial charge on any atom is 0.461 e. The van der Waals surface area contributed by atoms with Crippen molar-refractivity contribution >= 4 is 60.3 Å². The van der Waals surface area contributed by atoms with Gasteiger partial charge in [0.25, 0.3) is 0 Å². The van der Waals surface area contributed by atoms with E-state index in [2.05, 4.69) is 30.9 Å². The summed E-state index contributed by atoms with van der Waals surface area (Å²) in [5.74, 6) is 1.01. The van der Waals surface area contributed by atoms with E-state index >= 15 is 0 Å². The summed E-state index contributed by atoms with van der Waals surface area (Å²) < 4.78 is 95.6. The van der Waals surface area contributed by atoms with E-state index in [0.29, 0.717) is 33.4 Å². The van der Waals surface area contributed by atoms with E-state index in [1.165, 1.54) is 123 Å². The van der Waals surface area contributed by atoms with Crippen LogP contribution in [0.5, 0.6) is 69.0 Å². The third-order valence-corrected chi connectivity index (χ3v) is 19.0. The molecule has 0 aromatic heterocycles. The molecule has 0 radical (unpaired) electrons. The minimum atomic E-state index is -4.81. The second-order valence-electron chi connectivity index (χ2n) is 16.3. The van der Waals surface area contributed by atoms with Crippen molar-refractivity contribution in [3.8, 4) is 69.0 Å². The highest BCUT2D eigenvalue weighted by atomic mass is 31.3. The minimum absolute atomic E-state index is 0.0197. The van der Waals surface area contributed by atoms with E-state index < -0.39 is 23.0 Å². The molecule has 0 N–H and O–H groups in total. The molecule has 0 unspecified atom stereocenters. The number of nitrogens with zero attached hydrogens (tertiary/aromatic N) is 9. The third-order valence-electron chi connectivity index (χ3n) is 11.0. The van der Waals surface area contributed by atoms with Crippen LogP contribution in [-0.2, 0) is 29.0 Å². The summed E-state index contributed by atoms with van der Waals surface area (Å²) in [6.07, 6.45) is 8.81. The molecule has 0 aliphatic carbocycles. The van der Waals surface area contributed by atoms with Gasteiger partial charge >= 0.3 is 23.0 Å². The molecule has 6 aromatic carbocycles. The van der Waals surface area contributed by atoms with Crippen molar-refractivity contribution in [2.24, 2.45) is 44.5 Å². The van der Waals surface area contributed by atoms with E-state index in [0.717, 1.165) is 0 Å². The summed E-state index contributed by atoms with van der Waals surface area (Å²) in [4.78, 5) is 29.9. The van der Waals surface area contributed by atoms with Gasteiger partial charge in [-0.1, -0.05) is 44.5 Å². The van der Waals surface area contributed by atoms with Crippen LogP contribution in [0.1, 0.15) is 33.4 Å². The van der Waals surface area contributed by atoms with Crippen LogP contribution in [0, 0.1) is 0 Å². The Hall–Kier alpha value is -9.57. The van der Waals surface area contributed by atoms with Gasteiger partial charge in [0, 0.05) is 33.4 Å². The molecule has 0 saturated heterocycles. The SMILES string of the molecule is CO/N=C/c1ccc(OP2(Oc3ccc(/C=N/OC)cc3OC)=NP(Oc3ccc(/C=N/OC)cc3OC)(Oc3ccc(/C=N/OC)cc3OC)=NP(Oc3ccc(/C=N/OC)cc3OC)(Oc3ccc(/C=N/OC)cc3OC)=N2)c(OC)c1. The first-order valence-corrected chi connectivity index (χ1v) is 29.0. The van der Waals surface area contributed by atoms with Crippen LogP contribution in [0.3, 0.4) is 0 Å². The van der Waals surface area contributed by atoms with Crippen LogP contribution in [0.2, 0.25) is 0 Å². The Balaban J connectivity index is 1.73. The molecule has 0 saturated carbocycles. The quantitative estimate of drug-likeness (QED) is 0.0230. The standard InChI is InChI=1S/C54H60N9O18P3/c1-64-49-25-37(31-55-70-7)13-19-43(49)76-82(77-44-20-14-38(32-56-71-8)26-50(44)65-2)61-83(78-45-21-15-39(33-57-72-9)27-51(45)66-3,79-46-22-16-40(34-58-73-10)28-52(46)67-4)63-84(62-82,80-47-23-17-41(35-59-74-11)29-53(47)68-5)81-48-24-18-42(36-60-75-12)30-54(48)69-6/h13-36H,1-12H3/b55-31+,56-32+,57-33+,58-34+,59-35+,60-36+.